The maximum atomic E-state index is 13.6. The number of benzene rings is 1. The fraction of sp³-hybridized carbons (Fsp3) is 0.500. The second-order valence-corrected chi connectivity index (χ2v) is 4.22. The number of carbonyl (C=O) groups is 1. The molecule has 1 aromatic rings. The molecule has 19 heavy (non-hydrogen) atoms. The van der Waals surface area contributed by atoms with Crippen LogP contribution in [0, 0.1) is 5.82 Å². The second kappa shape index (κ2) is 7.74. The van der Waals surface area contributed by atoms with Crippen molar-refractivity contribution in [2.45, 2.75) is 32.2 Å². The topological polar surface area (TPSA) is 61.5 Å². The van der Waals surface area contributed by atoms with Gasteiger partial charge >= 0.3 is 5.97 Å². The molecule has 106 valence electrons. The van der Waals surface area contributed by atoms with Gasteiger partial charge in [0.15, 0.2) is 11.6 Å². The summed E-state index contributed by atoms with van der Waals surface area (Å²) in [7, 11) is 1.31. The first-order valence-electron chi connectivity index (χ1n) is 6.33. The number of esters is 1. The Morgan fingerprint density at radius 2 is 2.21 bits per heavy atom. The molecule has 0 saturated heterocycles. The van der Waals surface area contributed by atoms with Gasteiger partial charge in [-0.1, -0.05) is 6.07 Å². The van der Waals surface area contributed by atoms with Crippen molar-refractivity contribution in [3.63, 3.8) is 0 Å². The van der Waals surface area contributed by atoms with Crippen LogP contribution in [0.2, 0.25) is 0 Å². The van der Waals surface area contributed by atoms with Crippen molar-refractivity contribution < 1.29 is 18.7 Å². The lowest BCUT2D eigenvalue weighted by Gasteiger charge is -2.09. The summed E-state index contributed by atoms with van der Waals surface area (Å²) < 4.78 is 23.2. The summed E-state index contributed by atoms with van der Waals surface area (Å²) in [6.07, 6.45) is 1.87. The van der Waals surface area contributed by atoms with Crippen LogP contribution in [0.5, 0.6) is 5.75 Å². The zero-order valence-electron chi connectivity index (χ0n) is 11.3. The number of ether oxygens (including phenoxy) is 2. The first-order chi connectivity index (χ1) is 9.08. The highest BCUT2D eigenvalue weighted by Gasteiger charge is 2.13. The third kappa shape index (κ3) is 4.87. The normalized spacial score (nSPS) is 12.0. The number of halogens is 1. The minimum atomic E-state index is -0.613. The van der Waals surface area contributed by atoms with Crippen molar-refractivity contribution in [2.24, 2.45) is 5.73 Å². The van der Waals surface area contributed by atoms with E-state index in [1.165, 1.54) is 13.2 Å². The molecule has 2 N–H and O–H groups in total. The molecule has 0 amide bonds. The summed E-state index contributed by atoms with van der Waals surface area (Å²) in [5.74, 6) is -0.521. The Kier molecular flexibility index (Phi) is 6.29. The first-order valence-corrected chi connectivity index (χ1v) is 6.33. The quantitative estimate of drug-likeness (QED) is 0.769. The molecule has 1 unspecified atom stereocenters. The van der Waals surface area contributed by atoms with E-state index in [1.54, 1.807) is 6.07 Å². The summed E-state index contributed by atoms with van der Waals surface area (Å²) in [6, 6.07) is 4.28. The van der Waals surface area contributed by atoms with Crippen molar-refractivity contribution >= 4 is 5.97 Å². The molecule has 0 saturated carbocycles. The van der Waals surface area contributed by atoms with Crippen LogP contribution in [-0.4, -0.2) is 25.7 Å². The third-order valence-corrected chi connectivity index (χ3v) is 2.78. The Morgan fingerprint density at radius 1 is 1.47 bits per heavy atom. The van der Waals surface area contributed by atoms with Gasteiger partial charge in [0.1, 0.15) is 6.04 Å². The maximum Gasteiger partial charge on any atom is 0.322 e. The lowest BCUT2D eigenvalue weighted by Crippen LogP contribution is -2.31. The SMILES string of the molecule is CCOc1ccc(CCCC(N)C(=O)OC)cc1F. The largest absolute Gasteiger partial charge is 0.491 e. The standard InChI is InChI=1S/C14H20FNO3/c1-3-19-13-8-7-10(9-11(13)15)5-4-6-12(16)14(17)18-2/h7-9,12H,3-6,16H2,1-2H3. The zero-order valence-corrected chi connectivity index (χ0v) is 11.3. The molecule has 1 rings (SSSR count). The number of methoxy groups -OCH3 is 1. The van der Waals surface area contributed by atoms with E-state index in [4.69, 9.17) is 10.5 Å². The molecule has 0 radical (unpaired) electrons. The Labute approximate surface area is 112 Å². The van der Waals surface area contributed by atoms with E-state index < -0.39 is 12.0 Å². The second-order valence-electron chi connectivity index (χ2n) is 4.22. The predicted molar refractivity (Wildman–Crippen MR) is 70.5 cm³/mol. The Hall–Kier alpha value is -1.62. The summed E-state index contributed by atoms with van der Waals surface area (Å²) >= 11 is 0. The van der Waals surface area contributed by atoms with E-state index in [0.717, 1.165) is 5.56 Å². The van der Waals surface area contributed by atoms with Gasteiger partial charge in [-0.2, -0.15) is 0 Å². The highest BCUT2D eigenvalue weighted by Crippen LogP contribution is 2.19. The molecule has 0 bridgehead atoms. The summed E-state index contributed by atoms with van der Waals surface area (Å²) in [4.78, 5) is 11.1. The van der Waals surface area contributed by atoms with E-state index in [1.807, 2.05) is 13.0 Å². The molecule has 1 aromatic carbocycles. The summed E-state index contributed by atoms with van der Waals surface area (Å²) in [6.45, 7) is 2.24. The molecule has 5 heteroatoms. The molecule has 0 fully saturated rings. The summed E-state index contributed by atoms with van der Waals surface area (Å²) in [5, 5.41) is 0. The average Bonchev–Trinajstić information content (AvgIpc) is 2.40. The number of rotatable bonds is 7. The van der Waals surface area contributed by atoms with Crippen molar-refractivity contribution in [3.8, 4) is 5.75 Å². The van der Waals surface area contributed by atoms with Gasteiger partial charge in [-0.15, -0.1) is 0 Å². The van der Waals surface area contributed by atoms with E-state index in [0.29, 0.717) is 25.9 Å². The fourth-order valence-corrected chi connectivity index (χ4v) is 1.77. The highest BCUT2D eigenvalue weighted by molar-refractivity contribution is 5.75. The maximum absolute atomic E-state index is 13.6. The van der Waals surface area contributed by atoms with Crippen LogP contribution >= 0.6 is 0 Å². The predicted octanol–water partition coefficient (Wildman–Crippen LogP) is 2.05. The zero-order chi connectivity index (χ0) is 14.3. The monoisotopic (exact) mass is 269 g/mol. The number of hydrogen-bond acceptors (Lipinski definition) is 4. The van der Waals surface area contributed by atoms with Gasteiger partial charge in [0.2, 0.25) is 0 Å². The molecule has 1 atom stereocenters. The molecule has 0 aliphatic rings. The minimum Gasteiger partial charge on any atom is -0.491 e. The average molecular weight is 269 g/mol. The van der Waals surface area contributed by atoms with Gasteiger partial charge in [-0.25, -0.2) is 4.39 Å². The van der Waals surface area contributed by atoms with Crippen LogP contribution in [-0.2, 0) is 16.0 Å². The van der Waals surface area contributed by atoms with Gasteiger partial charge in [0, 0.05) is 0 Å². The third-order valence-electron chi connectivity index (χ3n) is 2.78. The summed E-state index contributed by atoms with van der Waals surface area (Å²) in [5.41, 5.74) is 6.48. The molecule has 0 heterocycles. The molecular weight excluding hydrogens is 249 g/mol. The van der Waals surface area contributed by atoms with Crippen LogP contribution in [0.25, 0.3) is 0 Å². The van der Waals surface area contributed by atoms with Crippen molar-refractivity contribution in [1.29, 1.82) is 0 Å². The number of carbonyl (C=O) groups excluding carboxylic acids is 1. The fourth-order valence-electron chi connectivity index (χ4n) is 1.77. The van der Waals surface area contributed by atoms with E-state index in [2.05, 4.69) is 4.74 Å². The smallest absolute Gasteiger partial charge is 0.322 e. The van der Waals surface area contributed by atoms with Crippen LogP contribution in [0.1, 0.15) is 25.3 Å². The molecule has 0 aliphatic carbocycles. The van der Waals surface area contributed by atoms with Crippen molar-refractivity contribution in [3.05, 3.63) is 29.6 Å². The van der Waals surface area contributed by atoms with Crippen LogP contribution in [0.4, 0.5) is 4.39 Å². The van der Waals surface area contributed by atoms with Crippen molar-refractivity contribution in [2.75, 3.05) is 13.7 Å². The molecule has 0 spiro atoms. The van der Waals surface area contributed by atoms with E-state index >= 15 is 0 Å². The number of hydrogen-bond donors (Lipinski definition) is 1. The molecule has 0 aromatic heterocycles. The molecular formula is C14H20FNO3. The van der Waals surface area contributed by atoms with Gasteiger partial charge < -0.3 is 15.2 Å². The van der Waals surface area contributed by atoms with E-state index in [-0.39, 0.29) is 11.6 Å². The Morgan fingerprint density at radius 3 is 2.79 bits per heavy atom. The lowest BCUT2D eigenvalue weighted by atomic mass is 10.0. The minimum absolute atomic E-state index is 0.262. The van der Waals surface area contributed by atoms with Crippen LogP contribution in [0.15, 0.2) is 18.2 Å². The Bertz CT molecular complexity index is 423. The highest BCUT2D eigenvalue weighted by atomic mass is 19.1. The lowest BCUT2D eigenvalue weighted by molar-refractivity contribution is -0.142. The number of aryl methyl sites for hydroxylation is 1. The van der Waals surface area contributed by atoms with Crippen molar-refractivity contribution in [1.82, 2.24) is 0 Å². The molecule has 0 aliphatic heterocycles. The van der Waals surface area contributed by atoms with Gasteiger partial charge in [0.25, 0.3) is 0 Å². The van der Waals surface area contributed by atoms with Crippen LogP contribution in [0.3, 0.4) is 0 Å². The number of nitrogens with two attached hydrogens (primary N) is 1. The van der Waals surface area contributed by atoms with Gasteiger partial charge in [0.05, 0.1) is 13.7 Å². The van der Waals surface area contributed by atoms with Gasteiger partial charge in [-0.3, -0.25) is 4.79 Å². The Balaban J connectivity index is 2.46. The molecule has 4 nitrogen and oxygen atoms in total. The first kappa shape index (κ1) is 15.4. The van der Waals surface area contributed by atoms with Crippen LogP contribution < -0.4 is 10.5 Å². The van der Waals surface area contributed by atoms with E-state index in [9.17, 15) is 9.18 Å². The van der Waals surface area contributed by atoms with Gasteiger partial charge in [-0.05, 0) is 43.9 Å².